The Morgan fingerprint density at radius 1 is 0.490 bits per heavy atom. The minimum absolute atomic E-state index is 0.270. The van der Waals surface area contributed by atoms with Crippen LogP contribution >= 0.6 is 0 Å². The maximum atomic E-state index is 2.67. The maximum absolute atomic E-state index is 2.67. The van der Waals surface area contributed by atoms with Gasteiger partial charge in [-0.1, -0.05) is 155 Å². The van der Waals surface area contributed by atoms with Gasteiger partial charge in [-0.15, -0.1) is 0 Å². The van der Waals surface area contributed by atoms with Crippen LogP contribution in [0.3, 0.4) is 0 Å². The van der Waals surface area contributed by atoms with E-state index in [0.717, 1.165) is 23.7 Å². The number of hydrogen-bond acceptors (Lipinski definition) is 0. The summed E-state index contributed by atoms with van der Waals surface area (Å²) in [7, 11) is 0. The Bertz CT molecular complexity index is 1380. The van der Waals surface area contributed by atoms with Gasteiger partial charge in [0.15, 0.2) is 0 Å². The first-order chi connectivity index (χ1) is 22.8. The Labute approximate surface area is 303 Å². The highest BCUT2D eigenvalue weighted by atomic mass is 14.6. The zero-order valence-corrected chi connectivity index (χ0v) is 33.8. The highest BCUT2D eigenvalue weighted by Crippen LogP contribution is 2.60. The molecule has 0 aliphatic heterocycles. The van der Waals surface area contributed by atoms with E-state index in [9.17, 15) is 0 Å². The molecule has 6 rings (SSSR count). The monoisotopic (exact) mass is 661 g/mol. The summed E-state index contributed by atoms with van der Waals surface area (Å²) in [6.07, 6.45) is 37.0. The van der Waals surface area contributed by atoms with Gasteiger partial charge in [0.05, 0.1) is 0 Å². The van der Waals surface area contributed by atoms with Gasteiger partial charge >= 0.3 is 0 Å². The molecule has 268 valence electrons. The molecule has 49 heavy (non-hydrogen) atoms. The molecule has 0 heteroatoms. The van der Waals surface area contributed by atoms with Crippen molar-refractivity contribution in [3.8, 4) is 0 Å². The standard InChI is InChI=1S/C49H72/c1-46(2,3)30-34-27-44-38(32-19-23-36(24-20-32)48(7,8)9)15-13-17-40(44)42(34)29-43-35(31-47(4,5)6)28-45-39(16-14-18-41(43)45)33-21-25-37(26-22-33)49(10,11)12/h13-19,21,23,25,34-35,40-45H,20,22,24,26-31H2,1-12H3. The van der Waals surface area contributed by atoms with Gasteiger partial charge in [0.25, 0.3) is 0 Å². The van der Waals surface area contributed by atoms with Gasteiger partial charge in [-0.2, -0.15) is 0 Å². The van der Waals surface area contributed by atoms with Crippen molar-refractivity contribution in [3.63, 3.8) is 0 Å². The molecule has 0 amide bonds. The number of allylic oxidation sites excluding steroid dienone is 16. The lowest BCUT2D eigenvalue weighted by molar-refractivity contribution is 0.156. The van der Waals surface area contributed by atoms with Crippen molar-refractivity contribution >= 4 is 0 Å². The van der Waals surface area contributed by atoms with Crippen molar-refractivity contribution in [2.24, 2.45) is 69.0 Å². The van der Waals surface area contributed by atoms with Crippen molar-refractivity contribution in [2.75, 3.05) is 0 Å². The Hall–Kier alpha value is -2.08. The molecule has 0 saturated heterocycles. The van der Waals surface area contributed by atoms with Gasteiger partial charge in [-0.05, 0) is 149 Å². The summed E-state index contributed by atoms with van der Waals surface area (Å²) in [5.74, 6) is 5.87. The lowest BCUT2D eigenvalue weighted by Crippen LogP contribution is -2.29. The molecule has 6 aliphatic rings. The normalized spacial score (nSPS) is 33.6. The molecule has 0 aromatic carbocycles. The minimum atomic E-state index is 0.270. The Balaban J connectivity index is 1.30. The summed E-state index contributed by atoms with van der Waals surface area (Å²) in [4.78, 5) is 0. The van der Waals surface area contributed by atoms with Crippen molar-refractivity contribution in [1.29, 1.82) is 0 Å². The maximum Gasteiger partial charge on any atom is -0.00907 e. The van der Waals surface area contributed by atoms with Crippen LogP contribution in [-0.2, 0) is 0 Å². The molecule has 2 saturated carbocycles. The van der Waals surface area contributed by atoms with E-state index in [4.69, 9.17) is 0 Å². The van der Waals surface area contributed by atoms with Crippen LogP contribution in [0.4, 0.5) is 0 Å². The van der Waals surface area contributed by atoms with E-state index in [0.29, 0.717) is 34.5 Å². The van der Waals surface area contributed by atoms with Gasteiger partial charge in [0.2, 0.25) is 0 Å². The van der Waals surface area contributed by atoms with E-state index >= 15 is 0 Å². The highest BCUT2D eigenvalue weighted by Gasteiger charge is 2.51. The minimum Gasteiger partial charge on any atom is -0.0805 e. The summed E-state index contributed by atoms with van der Waals surface area (Å²) < 4.78 is 0. The van der Waals surface area contributed by atoms with Crippen LogP contribution in [-0.4, -0.2) is 0 Å². The molecular weight excluding hydrogens is 589 g/mol. The van der Waals surface area contributed by atoms with Crippen molar-refractivity contribution in [1.82, 2.24) is 0 Å². The first-order valence-electron chi connectivity index (χ1n) is 20.4. The summed E-state index contributed by atoms with van der Waals surface area (Å²) in [5.41, 5.74) is 11.1. The zero-order valence-electron chi connectivity index (χ0n) is 33.8. The van der Waals surface area contributed by atoms with E-state index in [1.807, 2.05) is 0 Å². The van der Waals surface area contributed by atoms with E-state index in [2.05, 4.69) is 144 Å². The number of hydrogen-bond donors (Lipinski definition) is 0. The van der Waals surface area contributed by atoms with Gasteiger partial charge in [0.1, 0.15) is 0 Å². The lowest BCUT2D eigenvalue weighted by atomic mass is 9.68. The first-order valence-corrected chi connectivity index (χ1v) is 20.4. The number of rotatable bonds is 6. The largest absolute Gasteiger partial charge is 0.0805 e. The molecule has 6 aliphatic carbocycles. The molecule has 0 bridgehead atoms. The van der Waals surface area contributed by atoms with Gasteiger partial charge in [-0.25, -0.2) is 0 Å². The van der Waals surface area contributed by atoms with Crippen LogP contribution in [0.2, 0.25) is 0 Å². The third-order valence-corrected chi connectivity index (χ3v) is 13.5. The topological polar surface area (TPSA) is 0 Å². The average molecular weight is 661 g/mol. The predicted octanol–water partition coefficient (Wildman–Crippen LogP) is 14.4. The second-order valence-corrected chi connectivity index (χ2v) is 21.7. The molecule has 8 atom stereocenters. The molecule has 0 aromatic heterocycles. The van der Waals surface area contributed by atoms with E-state index in [1.54, 1.807) is 33.4 Å². The van der Waals surface area contributed by atoms with Gasteiger partial charge in [0, 0.05) is 0 Å². The Morgan fingerprint density at radius 2 is 0.878 bits per heavy atom. The van der Waals surface area contributed by atoms with Crippen LogP contribution in [0.1, 0.15) is 141 Å². The van der Waals surface area contributed by atoms with E-state index in [1.165, 1.54) is 57.8 Å². The Kier molecular flexibility index (Phi) is 10.1. The fourth-order valence-corrected chi connectivity index (χ4v) is 11.3. The number of fused-ring (bicyclic) bond motifs is 2. The molecule has 8 unspecified atom stereocenters. The van der Waals surface area contributed by atoms with Crippen molar-refractivity contribution < 1.29 is 0 Å². The fourth-order valence-electron chi connectivity index (χ4n) is 11.3. The van der Waals surface area contributed by atoms with Crippen LogP contribution in [0, 0.1) is 69.0 Å². The molecular formula is C49H72. The predicted molar refractivity (Wildman–Crippen MR) is 214 cm³/mol. The summed E-state index contributed by atoms with van der Waals surface area (Å²) in [6.45, 7) is 29.2. The van der Waals surface area contributed by atoms with E-state index in [-0.39, 0.29) is 10.8 Å². The summed E-state index contributed by atoms with van der Waals surface area (Å²) in [5, 5.41) is 0. The molecule has 0 spiro atoms. The second kappa shape index (κ2) is 13.5. The lowest BCUT2D eigenvalue weighted by Gasteiger charge is -2.37. The van der Waals surface area contributed by atoms with Crippen LogP contribution in [0.5, 0.6) is 0 Å². The molecule has 0 nitrogen and oxygen atoms in total. The smallest absolute Gasteiger partial charge is 0.00907 e. The molecule has 0 N–H and O–H groups in total. The quantitative estimate of drug-likeness (QED) is 0.266. The Morgan fingerprint density at radius 3 is 1.18 bits per heavy atom. The molecule has 0 radical (unpaired) electrons. The van der Waals surface area contributed by atoms with Crippen LogP contribution < -0.4 is 0 Å². The SMILES string of the molecule is CC(C)(C)CC1CC2C(C3=CC=C(C(C)(C)C)CC3)=CC=CC2C1CC1C(CC(C)(C)C)CC2C(C3=CC=C(C(C)(C)C)CC3)=CC=CC21. The fraction of sp³-hybridized carbons (Fsp3) is 0.673. The highest BCUT2D eigenvalue weighted by molar-refractivity contribution is 5.47. The van der Waals surface area contributed by atoms with Gasteiger partial charge in [-0.3, -0.25) is 0 Å². The zero-order chi connectivity index (χ0) is 35.5. The van der Waals surface area contributed by atoms with Crippen LogP contribution in [0.25, 0.3) is 0 Å². The summed E-state index contributed by atoms with van der Waals surface area (Å²) in [6, 6.07) is 0. The van der Waals surface area contributed by atoms with Gasteiger partial charge < -0.3 is 0 Å². The van der Waals surface area contributed by atoms with Crippen molar-refractivity contribution in [2.45, 2.75) is 141 Å². The average Bonchev–Trinajstić information content (AvgIpc) is 3.51. The second-order valence-electron chi connectivity index (χ2n) is 21.7. The molecule has 2 fully saturated rings. The van der Waals surface area contributed by atoms with Crippen molar-refractivity contribution in [3.05, 3.63) is 94.2 Å². The first kappa shape index (κ1) is 36.7. The molecule has 0 heterocycles. The summed E-state index contributed by atoms with van der Waals surface area (Å²) >= 11 is 0. The molecule has 0 aromatic rings. The van der Waals surface area contributed by atoms with E-state index < -0.39 is 0 Å². The third kappa shape index (κ3) is 8.20. The third-order valence-electron chi connectivity index (χ3n) is 13.5. The van der Waals surface area contributed by atoms with Crippen LogP contribution in [0.15, 0.2) is 94.2 Å².